The SMILES string of the molecule is COC(=O)C1(C(=O)OC)CCCCC1(C(=O)OC)C(=O)OC. The normalized spacial score (nSPS) is 18.7. The number of carbonyl (C=O) groups excluding carboxylic acids is 4. The maximum Gasteiger partial charge on any atom is 0.325 e. The van der Waals surface area contributed by atoms with E-state index in [1.165, 1.54) is 0 Å². The summed E-state index contributed by atoms with van der Waals surface area (Å²) in [6, 6.07) is 0. The summed E-state index contributed by atoms with van der Waals surface area (Å²) in [4.78, 5) is 49.6. The van der Waals surface area contributed by atoms with Gasteiger partial charge in [0.05, 0.1) is 28.4 Å². The Labute approximate surface area is 128 Å². The molecule has 0 saturated heterocycles. The van der Waals surface area contributed by atoms with Gasteiger partial charge in [-0.1, -0.05) is 12.8 Å². The van der Waals surface area contributed by atoms with Crippen molar-refractivity contribution in [2.75, 3.05) is 28.4 Å². The highest BCUT2D eigenvalue weighted by Gasteiger charge is 2.73. The van der Waals surface area contributed by atoms with E-state index in [9.17, 15) is 19.2 Å². The van der Waals surface area contributed by atoms with Gasteiger partial charge < -0.3 is 18.9 Å². The fourth-order valence-corrected chi connectivity index (χ4v) is 3.18. The summed E-state index contributed by atoms with van der Waals surface area (Å²) in [6.07, 6.45) is 0.743. The minimum absolute atomic E-state index is 0.0729. The fourth-order valence-electron chi connectivity index (χ4n) is 3.18. The minimum atomic E-state index is -2.12. The molecule has 1 fully saturated rings. The van der Waals surface area contributed by atoms with Gasteiger partial charge in [-0.05, 0) is 12.8 Å². The number of esters is 4. The predicted octanol–water partition coefficient (Wildman–Crippen LogP) is 0.225. The van der Waals surface area contributed by atoms with Gasteiger partial charge in [-0.25, -0.2) is 0 Å². The van der Waals surface area contributed by atoms with Crippen LogP contribution in [0.1, 0.15) is 25.7 Å². The van der Waals surface area contributed by atoms with Gasteiger partial charge in [0, 0.05) is 0 Å². The molecule has 0 radical (unpaired) electrons. The van der Waals surface area contributed by atoms with Crippen molar-refractivity contribution >= 4 is 23.9 Å². The van der Waals surface area contributed by atoms with Crippen LogP contribution in [0.2, 0.25) is 0 Å². The fraction of sp³-hybridized carbons (Fsp3) is 0.714. The first-order valence-corrected chi connectivity index (χ1v) is 6.72. The van der Waals surface area contributed by atoms with Crippen molar-refractivity contribution in [2.45, 2.75) is 25.7 Å². The monoisotopic (exact) mass is 316 g/mol. The summed E-state index contributed by atoms with van der Waals surface area (Å²) in [7, 11) is 4.28. The Morgan fingerprint density at radius 1 is 0.591 bits per heavy atom. The summed E-state index contributed by atoms with van der Waals surface area (Å²) in [6.45, 7) is 0. The van der Waals surface area contributed by atoms with Crippen LogP contribution >= 0.6 is 0 Å². The zero-order valence-corrected chi connectivity index (χ0v) is 13.1. The van der Waals surface area contributed by atoms with Gasteiger partial charge in [0.15, 0.2) is 10.8 Å². The van der Waals surface area contributed by atoms with Crippen LogP contribution in [0.5, 0.6) is 0 Å². The Kier molecular flexibility index (Phi) is 5.51. The second kappa shape index (κ2) is 6.76. The number of rotatable bonds is 4. The van der Waals surface area contributed by atoms with E-state index in [0.717, 1.165) is 28.4 Å². The zero-order chi connectivity index (χ0) is 17.0. The average molecular weight is 316 g/mol. The summed E-state index contributed by atoms with van der Waals surface area (Å²) in [5.41, 5.74) is -4.23. The van der Waals surface area contributed by atoms with Crippen LogP contribution in [0.15, 0.2) is 0 Å². The topological polar surface area (TPSA) is 105 Å². The molecule has 1 aliphatic carbocycles. The number of carbonyl (C=O) groups is 4. The molecule has 0 bridgehead atoms. The van der Waals surface area contributed by atoms with Crippen LogP contribution in [0.3, 0.4) is 0 Å². The molecule has 0 aromatic carbocycles. The lowest BCUT2D eigenvalue weighted by Crippen LogP contribution is -2.63. The van der Waals surface area contributed by atoms with Crippen molar-refractivity contribution < 1.29 is 38.1 Å². The first kappa shape index (κ1) is 17.9. The molecule has 1 saturated carbocycles. The van der Waals surface area contributed by atoms with E-state index in [1.54, 1.807) is 0 Å². The van der Waals surface area contributed by atoms with E-state index in [2.05, 4.69) is 0 Å². The lowest BCUT2D eigenvalue weighted by Gasteiger charge is -2.44. The molecule has 8 heteroatoms. The highest BCUT2D eigenvalue weighted by molar-refractivity contribution is 6.14. The van der Waals surface area contributed by atoms with Crippen molar-refractivity contribution in [3.63, 3.8) is 0 Å². The Morgan fingerprint density at radius 3 is 1.00 bits per heavy atom. The van der Waals surface area contributed by atoms with Gasteiger partial charge in [0.2, 0.25) is 0 Å². The summed E-state index contributed by atoms with van der Waals surface area (Å²) >= 11 is 0. The molecule has 0 heterocycles. The van der Waals surface area contributed by atoms with Gasteiger partial charge in [-0.3, -0.25) is 19.2 Å². The van der Waals surface area contributed by atoms with Crippen LogP contribution < -0.4 is 0 Å². The lowest BCUT2D eigenvalue weighted by molar-refractivity contribution is -0.204. The van der Waals surface area contributed by atoms with Crippen LogP contribution in [-0.4, -0.2) is 52.3 Å². The highest BCUT2D eigenvalue weighted by Crippen LogP contribution is 2.54. The van der Waals surface area contributed by atoms with Crippen molar-refractivity contribution in [1.29, 1.82) is 0 Å². The largest absolute Gasteiger partial charge is 0.468 e. The van der Waals surface area contributed by atoms with Crippen molar-refractivity contribution in [3.8, 4) is 0 Å². The number of ether oxygens (including phenoxy) is 4. The van der Waals surface area contributed by atoms with E-state index in [4.69, 9.17) is 18.9 Å². The molecule has 0 spiro atoms. The quantitative estimate of drug-likeness (QED) is 0.412. The Balaban J connectivity index is 3.71. The number of hydrogen-bond acceptors (Lipinski definition) is 8. The highest BCUT2D eigenvalue weighted by atomic mass is 16.6. The lowest BCUT2D eigenvalue weighted by atomic mass is 9.55. The van der Waals surface area contributed by atoms with E-state index in [1.807, 2.05) is 0 Å². The molecule has 0 aromatic rings. The second-order valence-electron chi connectivity index (χ2n) is 4.98. The molecule has 0 atom stereocenters. The molecular formula is C14H20O8. The molecule has 0 aromatic heterocycles. The van der Waals surface area contributed by atoms with Gasteiger partial charge >= 0.3 is 23.9 Å². The number of hydrogen-bond donors (Lipinski definition) is 0. The van der Waals surface area contributed by atoms with Crippen LogP contribution in [0, 0.1) is 10.8 Å². The molecule has 0 N–H and O–H groups in total. The maximum atomic E-state index is 12.4. The third kappa shape index (κ3) is 2.22. The molecule has 8 nitrogen and oxygen atoms in total. The third-order valence-corrected chi connectivity index (χ3v) is 4.22. The first-order valence-electron chi connectivity index (χ1n) is 6.72. The summed E-state index contributed by atoms with van der Waals surface area (Å²) in [5, 5.41) is 0. The standard InChI is InChI=1S/C14H20O8/c1-19-9(15)13(10(16)20-2)7-5-6-8-14(13,11(17)21-3)12(18)22-4/h5-8H2,1-4H3. The van der Waals surface area contributed by atoms with Gasteiger partial charge in [0.25, 0.3) is 0 Å². The second-order valence-corrected chi connectivity index (χ2v) is 4.98. The molecule has 0 unspecified atom stereocenters. The van der Waals surface area contributed by atoms with Crippen molar-refractivity contribution in [1.82, 2.24) is 0 Å². The molecule has 22 heavy (non-hydrogen) atoms. The maximum absolute atomic E-state index is 12.4. The molecular weight excluding hydrogens is 296 g/mol. The molecule has 0 aliphatic heterocycles. The van der Waals surface area contributed by atoms with Crippen molar-refractivity contribution in [2.24, 2.45) is 10.8 Å². The van der Waals surface area contributed by atoms with E-state index >= 15 is 0 Å². The van der Waals surface area contributed by atoms with Gasteiger partial charge in [-0.15, -0.1) is 0 Å². The molecule has 1 rings (SSSR count). The Hall–Kier alpha value is -2.12. The van der Waals surface area contributed by atoms with Crippen LogP contribution in [0.4, 0.5) is 0 Å². The average Bonchev–Trinajstić information content (AvgIpc) is 2.58. The Bertz CT molecular complexity index is 405. The van der Waals surface area contributed by atoms with E-state index in [0.29, 0.717) is 12.8 Å². The van der Waals surface area contributed by atoms with Crippen LogP contribution in [0.25, 0.3) is 0 Å². The minimum Gasteiger partial charge on any atom is -0.468 e. The summed E-state index contributed by atoms with van der Waals surface area (Å²) < 4.78 is 18.8. The third-order valence-electron chi connectivity index (χ3n) is 4.22. The number of methoxy groups -OCH3 is 4. The van der Waals surface area contributed by atoms with Gasteiger partial charge in [-0.2, -0.15) is 0 Å². The molecule has 0 amide bonds. The van der Waals surface area contributed by atoms with E-state index in [-0.39, 0.29) is 12.8 Å². The Morgan fingerprint density at radius 2 is 0.818 bits per heavy atom. The molecule has 1 aliphatic rings. The van der Waals surface area contributed by atoms with Crippen molar-refractivity contribution in [3.05, 3.63) is 0 Å². The zero-order valence-electron chi connectivity index (χ0n) is 13.1. The van der Waals surface area contributed by atoms with E-state index < -0.39 is 34.7 Å². The first-order chi connectivity index (χ1) is 10.4. The van der Waals surface area contributed by atoms with Crippen LogP contribution in [-0.2, 0) is 38.1 Å². The van der Waals surface area contributed by atoms with Gasteiger partial charge in [0.1, 0.15) is 0 Å². The molecule has 124 valence electrons. The predicted molar refractivity (Wildman–Crippen MR) is 71.4 cm³/mol. The smallest absolute Gasteiger partial charge is 0.325 e. The summed E-state index contributed by atoms with van der Waals surface area (Å²) in [5.74, 6) is -4.07.